The first-order valence-corrected chi connectivity index (χ1v) is 9.16. The van der Waals surface area contributed by atoms with E-state index in [0.717, 1.165) is 16.8 Å². The average molecular weight is 366 g/mol. The Balaban J connectivity index is 1.50. The SMILES string of the molecule is CO[C@H](C(=O)Nc1nc(-c2ccc3c(c2)COC3)cs1)c1ccccc1. The maximum absolute atomic E-state index is 12.6. The molecule has 26 heavy (non-hydrogen) atoms. The molecule has 4 rings (SSSR count). The van der Waals surface area contributed by atoms with Gasteiger partial charge in [-0.2, -0.15) is 0 Å². The van der Waals surface area contributed by atoms with E-state index in [1.807, 2.05) is 41.8 Å². The van der Waals surface area contributed by atoms with Crippen LogP contribution >= 0.6 is 11.3 Å². The zero-order valence-corrected chi connectivity index (χ0v) is 15.1. The molecule has 6 heteroatoms. The highest BCUT2D eigenvalue weighted by atomic mass is 32.1. The van der Waals surface area contributed by atoms with Crippen LogP contribution in [0.25, 0.3) is 11.3 Å². The minimum Gasteiger partial charge on any atom is -0.372 e. The van der Waals surface area contributed by atoms with E-state index in [0.29, 0.717) is 18.3 Å². The molecule has 0 spiro atoms. The second kappa shape index (κ2) is 7.37. The van der Waals surface area contributed by atoms with Crippen LogP contribution in [0.1, 0.15) is 22.8 Å². The van der Waals surface area contributed by atoms with Gasteiger partial charge >= 0.3 is 0 Å². The van der Waals surface area contributed by atoms with Crippen molar-refractivity contribution < 1.29 is 14.3 Å². The number of methoxy groups -OCH3 is 1. The lowest BCUT2D eigenvalue weighted by Crippen LogP contribution is -2.22. The Morgan fingerprint density at radius 2 is 2.00 bits per heavy atom. The molecule has 0 radical (unpaired) electrons. The molecule has 2 heterocycles. The molecule has 5 nitrogen and oxygen atoms in total. The first kappa shape index (κ1) is 16.9. The molecule has 1 atom stereocenters. The molecular weight excluding hydrogens is 348 g/mol. The van der Waals surface area contributed by atoms with Gasteiger partial charge in [-0.15, -0.1) is 11.3 Å². The van der Waals surface area contributed by atoms with Crippen LogP contribution in [0.15, 0.2) is 53.9 Å². The second-order valence-electron chi connectivity index (χ2n) is 6.03. The molecule has 1 aliphatic heterocycles. The van der Waals surface area contributed by atoms with Gasteiger partial charge in [-0.1, -0.05) is 42.5 Å². The molecule has 0 saturated heterocycles. The maximum atomic E-state index is 12.6. The standard InChI is InChI=1S/C20H18N2O3S/c1-24-18(13-5-3-2-4-6-13)19(23)22-20-21-17(12-26-20)14-7-8-15-10-25-11-16(15)9-14/h2-9,12,18H,10-11H2,1H3,(H,21,22,23)/t18-/m0/s1. The Hall–Kier alpha value is -2.54. The van der Waals surface area contributed by atoms with Crippen LogP contribution in [0.3, 0.4) is 0 Å². The van der Waals surface area contributed by atoms with E-state index < -0.39 is 6.10 Å². The summed E-state index contributed by atoms with van der Waals surface area (Å²) in [5, 5.41) is 5.35. The zero-order chi connectivity index (χ0) is 17.9. The van der Waals surface area contributed by atoms with E-state index in [-0.39, 0.29) is 5.91 Å². The van der Waals surface area contributed by atoms with Crippen molar-refractivity contribution in [3.05, 3.63) is 70.6 Å². The maximum Gasteiger partial charge on any atom is 0.259 e. The van der Waals surface area contributed by atoms with Crippen molar-refractivity contribution in [3.8, 4) is 11.3 Å². The molecule has 1 N–H and O–H groups in total. The predicted molar refractivity (Wildman–Crippen MR) is 101 cm³/mol. The third-order valence-corrected chi connectivity index (χ3v) is 5.09. The second-order valence-corrected chi connectivity index (χ2v) is 6.89. The van der Waals surface area contributed by atoms with E-state index >= 15 is 0 Å². The third-order valence-electron chi connectivity index (χ3n) is 4.33. The molecule has 0 aliphatic carbocycles. The van der Waals surface area contributed by atoms with Crippen molar-refractivity contribution in [2.24, 2.45) is 0 Å². The van der Waals surface area contributed by atoms with Gasteiger partial charge in [-0.05, 0) is 22.8 Å². The molecule has 1 amide bonds. The van der Waals surface area contributed by atoms with Crippen molar-refractivity contribution >= 4 is 22.4 Å². The van der Waals surface area contributed by atoms with E-state index in [4.69, 9.17) is 9.47 Å². The molecule has 0 saturated carbocycles. The number of hydrogen-bond donors (Lipinski definition) is 1. The number of hydrogen-bond acceptors (Lipinski definition) is 5. The Kier molecular flexibility index (Phi) is 4.79. The third kappa shape index (κ3) is 3.39. The fourth-order valence-electron chi connectivity index (χ4n) is 2.99. The van der Waals surface area contributed by atoms with Crippen molar-refractivity contribution in [1.29, 1.82) is 0 Å². The van der Waals surface area contributed by atoms with E-state index in [2.05, 4.69) is 22.4 Å². The van der Waals surface area contributed by atoms with Crippen LogP contribution in [0, 0.1) is 0 Å². The van der Waals surface area contributed by atoms with Crippen LogP contribution in [-0.2, 0) is 27.5 Å². The number of thiazole rings is 1. The number of amides is 1. The summed E-state index contributed by atoms with van der Waals surface area (Å²) < 4.78 is 10.8. The van der Waals surface area contributed by atoms with Gasteiger partial charge in [0.25, 0.3) is 5.91 Å². The normalized spacial score (nSPS) is 14.0. The number of anilines is 1. The number of fused-ring (bicyclic) bond motifs is 1. The summed E-state index contributed by atoms with van der Waals surface area (Å²) in [4.78, 5) is 17.1. The first-order valence-electron chi connectivity index (χ1n) is 8.28. The number of carbonyl (C=O) groups excluding carboxylic acids is 1. The summed E-state index contributed by atoms with van der Waals surface area (Å²) in [6.07, 6.45) is -0.666. The largest absolute Gasteiger partial charge is 0.372 e. The van der Waals surface area contributed by atoms with Crippen LogP contribution in [0.2, 0.25) is 0 Å². The smallest absolute Gasteiger partial charge is 0.259 e. The summed E-state index contributed by atoms with van der Waals surface area (Å²) in [6, 6.07) is 15.6. The predicted octanol–water partition coefficient (Wildman–Crippen LogP) is 4.17. The Morgan fingerprint density at radius 3 is 2.81 bits per heavy atom. The summed E-state index contributed by atoms with van der Waals surface area (Å²) in [7, 11) is 1.52. The van der Waals surface area contributed by atoms with Crippen LogP contribution in [0.4, 0.5) is 5.13 Å². The van der Waals surface area contributed by atoms with Crippen molar-refractivity contribution in [2.45, 2.75) is 19.3 Å². The van der Waals surface area contributed by atoms with E-state index in [9.17, 15) is 4.79 Å². The molecule has 0 unspecified atom stereocenters. The number of nitrogens with one attached hydrogen (secondary N) is 1. The fourth-order valence-corrected chi connectivity index (χ4v) is 3.71. The van der Waals surface area contributed by atoms with Gasteiger partial charge in [-0.3, -0.25) is 10.1 Å². The van der Waals surface area contributed by atoms with Gasteiger partial charge in [0.2, 0.25) is 0 Å². The van der Waals surface area contributed by atoms with Gasteiger partial charge in [0.15, 0.2) is 11.2 Å². The lowest BCUT2D eigenvalue weighted by atomic mass is 10.1. The number of rotatable bonds is 5. The number of ether oxygens (including phenoxy) is 2. The van der Waals surface area contributed by atoms with Crippen LogP contribution < -0.4 is 5.32 Å². The highest BCUT2D eigenvalue weighted by Gasteiger charge is 2.21. The minimum atomic E-state index is -0.666. The fraction of sp³-hybridized carbons (Fsp3) is 0.200. The van der Waals surface area contributed by atoms with Crippen molar-refractivity contribution in [3.63, 3.8) is 0 Å². The lowest BCUT2D eigenvalue weighted by molar-refractivity contribution is -0.126. The molecule has 1 aliphatic rings. The van der Waals surface area contributed by atoms with Crippen LogP contribution in [0.5, 0.6) is 0 Å². The highest BCUT2D eigenvalue weighted by Crippen LogP contribution is 2.30. The number of carbonyl (C=O) groups is 1. The number of aromatic nitrogens is 1. The minimum absolute atomic E-state index is 0.234. The van der Waals surface area contributed by atoms with Crippen molar-refractivity contribution in [1.82, 2.24) is 4.98 Å². The van der Waals surface area contributed by atoms with Crippen LogP contribution in [-0.4, -0.2) is 18.0 Å². The quantitative estimate of drug-likeness (QED) is 0.736. The number of nitrogens with zero attached hydrogens (tertiary/aromatic N) is 1. The van der Waals surface area contributed by atoms with Gasteiger partial charge < -0.3 is 9.47 Å². The molecule has 0 bridgehead atoms. The molecule has 0 fully saturated rings. The summed E-state index contributed by atoms with van der Waals surface area (Å²) >= 11 is 1.40. The Labute approximate surface area is 155 Å². The topological polar surface area (TPSA) is 60.5 Å². The molecule has 132 valence electrons. The van der Waals surface area contributed by atoms with E-state index in [1.165, 1.54) is 29.6 Å². The lowest BCUT2D eigenvalue weighted by Gasteiger charge is -2.14. The average Bonchev–Trinajstić information content (AvgIpc) is 3.31. The number of benzene rings is 2. The van der Waals surface area contributed by atoms with E-state index in [1.54, 1.807) is 0 Å². The Bertz CT molecular complexity index is 924. The molecule has 2 aromatic carbocycles. The molecular formula is C20H18N2O3S. The highest BCUT2D eigenvalue weighted by molar-refractivity contribution is 7.14. The summed E-state index contributed by atoms with van der Waals surface area (Å²) in [6.45, 7) is 1.31. The first-order chi connectivity index (χ1) is 12.7. The summed E-state index contributed by atoms with van der Waals surface area (Å²) in [5.41, 5.74) is 5.10. The molecule has 3 aromatic rings. The van der Waals surface area contributed by atoms with Gasteiger partial charge in [-0.25, -0.2) is 4.98 Å². The van der Waals surface area contributed by atoms with Gasteiger partial charge in [0.1, 0.15) is 0 Å². The Morgan fingerprint density at radius 1 is 1.19 bits per heavy atom. The van der Waals surface area contributed by atoms with Gasteiger partial charge in [0, 0.05) is 18.1 Å². The monoisotopic (exact) mass is 366 g/mol. The van der Waals surface area contributed by atoms with Crippen molar-refractivity contribution in [2.75, 3.05) is 12.4 Å². The molecule has 1 aromatic heterocycles. The van der Waals surface area contributed by atoms with Gasteiger partial charge in [0.05, 0.1) is 18.9 Å². The zero-order valence-electron chi connectivity index (χ0n) is 14.3. The summed E-state index contributed by atoms with van der Waals surface area (Å²) in [5.74, 6) is -0.234.